The lowest BCUT2D eigenvalue weighted by Gasteiger charge is -2.26. The maximum Gasteiger partial charge on any atom is 0.244 e. The number of hydrogen-bond acceptors (Lipinski definition) is 4. The summed E-state index contributed by atoms with van der Waals surface area (Å²) in [6.45, 7) is 7.22. The van der Waals surface area contributed by atoms with Crippen molar-refractivity contribution < 1.29 is 9.53 Å². The van der Waals surface area contributed by atoms with Gasteiger partial charge in [-0.05, 0) is 39.3 Å². The Hall–Kier alpha value is -1.40. The summed E-state index contributed by atoms with van der Waals surface area (Å²) in [6, 6.07) is 2.40. The first-order chi connectivity index (χ1) is 10.1. The zero-order valence-corrected chi connectivity index (χ0v) is 13.3. The number of methoxy groups -OCH3 is 1. The molecule has 2 rings (SSSR count). The molecule has 1 aliphatic rings. The minimum atomic E-state index is 0.104. The number of ether oxygens (including phenoxy) is 1. The second kappa shape index (κ2) is 7.56. The van der Waals surface area contributed by atoms with Crippen LogP contribution in [0.1, 0.15) is 24.2 Å². The third-order valence-electron chi connectivity index (χ3n) is 3.91. The molecule has 118 valence electrons. The molecule has 1 aliphatic heterocycles. The molecule has 1 aromatic heterocycles. The van der Waals surface area contributed by atoms with E-state index in [0.717, 1.165) is 30.9 Å². The fourth-order valence-electron chi connectivity index (χ4n) is 2.76. The number of hydrogen-bond donors (Lipinski definition) is 1. The van der Waals surface area contributed by atoms with Gasteiger partial charge in [0.25, 0.3) is 0 Å². The fourth-order valence-corrected chi connectivity index (χ4v) is 2.76. The van der Waals surface area contributed by atoms with Crippen LogP contribution in [0.15, 0.2) is 6.07 Å². The van der Waals surface area contributed by atoms with Gasteiger partial charge in [0.15, 0.2) is 0 Å². The van der Waals surface area contributed by atoms with Crippen molar-refractivity contribution in [2.75, 3.05) is 33.4 Å². The van der Waals surface area contributed by atoms with Crippen LogP contribution in [0.5, 0.6) is 0 Å². The largest absolute Gasteiger partial charge is 0.383 e. The highest BCUT2D eigenvalue weighted by Crippen LogP contribution is 2.09. The molecule has 2 heterocycles. The number of nitrogens with one attached hydrogen (secondary N) is 1. The first-order valence-corrected chi connectivity index (χ1v) is 7.61. The van der Waals surface area contributed by atoms with Gasteiger partial charge in [0.1, 0.15) is 6.54 Å². The highest BCUT2D eigenvalue weighted by molar-refractivity contribution is 5.76. The fraction of sp³-hybridized carbons (Fsp3) is 0.733. The molecule has 1 amide bonds. The van der Waals surface area contributed by atoms with Gasteiger partial charge in [-0.3, -0.25) is 9.48 Å². The van der Waals surface area contributed by atoms with E-state index in [0.29, 0.717) is 25.7 Å². The van der Waals surface area contributed by atoms with E-state index in [1.807, 2.05) is 24.8 Å². The van der Waals surface area contributed by atoms with Crippen LogP contribution < -0.4 is 5.32 Å². The maximum absolute atomic E-state index is 12.5. The van der Waals surface area contributed by atoms with Crippen molar-refractivity contribution in [1.29, 1.82) is 0 Å². The van der Waals surface area contributed by atoms with E-state index in [1.165, 1.54) is 6.42 Å². The Labute approximate surface area is 126 Å². The molecular weight excluding hydrogens is 268 g/mol. The molecule has 21 heavy (non-hydrogen) atoms. The van der Waals surface area contributed by atoms with E-state index < -0.39 is 0 Å². The third kappa shape index (κ3) is 4.54. The van der Waals surface area contributed by atoms with Crippen molar-refractivity contribution in [2.24, 2.45) is 0 Å². The van der Waals surface area contributed by atoms with Crippen LogP contribution in [-0.2, 0) is 16.1 Å². The van der Waals surface area contributed by atoms with Gasteiger partial charge in [-0.25, -0.2) is 0 Å². The standard InChI is InChI=1S/C15H26N4O2/c1-12-9-13(2)19(17-12)11-15(20)18(7-8-21-3)10-14-5-4-6-16-14/h9,14,16H,4-8,10-11H2,1-3H3. The van der Waals surface area contributed by atoms with Crippen LogP contribution in [0.4, 0.5) is 0 Å². The van der Waals surface area contributed by atoms with E-state index in [9.17, 15) is 4.79 Å². The summed E-state index contributed by atoms with van der Waals surface area (Å²) in [4.78, 5) is 14.4. The monoisotopic (exact) mass is 294 g/mol. The first-order valence-electron chi connectivity index (χ1n) is 7.61. The smallest absolute Gasteiger partial charge is 0.244 e. The van der Waals surface area contributed by atoms with Gasteiger partial charge >= 0.3 is 0 Å². The Morgan fingerprint density at radius 2 is 2.38 bits per heavy atom. The van der Waals surface area contributed by atoms with Crippen LogP contribution >= 0.6 is 0 Å². The lowest BCUT2D eigenvalue weighted by atomic mass is 10.2. The number of amides is 1. The summed E-state index contributed by atoms with van der Waals surface area (Å²) in [6.07, 6.45) is 2.32. The molecule has 6 nitrogen and oxygen atoms in total. The number of nitrogens with zero attached hydrogens (tertiary/aromatic N) is 3. The number of carbonyl (C=O) groups excluding carboxylic acids is 1. The third-order valence-corrected chi connectivity index (χ3v) is 3.91. The minimum Gasteiger partial charge on any atom is -0.383 e. The lowest BCUT2D eigenvalue weighted by molar-refractivity contribution is -0.133. The van der Waals surface area contributed by atoms with E-state index in [1.54, 1.807) is 11.8 Å². The quantitative estimate of drug-likeness (QED) is 0.805. The van der Waals surface area contributed by atoms with Crippen molar-refractivity contribution >= 4 is 5.91 Å². The lowest BCUT2D eigenvalue weighted by Crippen LogP contribution is -2.44. The Morgan fingerprint density at radius 1 is 1.57 bits per heavy atom. The number of carbonyl (C=O) groups is 1. The van der Waals surface area contributed by atoms with Gasteiger partial charge < -0.3 is 15.0 Å². The number of aryl methyl sites for hydroxylation is 2. The Bertz CT molecular complexity index is 466. The normalized spacial score (nSPS) is 18.1. The molecule has 6 heteroatoms. The van der Waals surface area contributed by atoms with Crippen molar-refractivity contribution in [3.8, 4) is 0 Å². The molecular formula is C15H26N4O2. The molecule has 0 bridgehead atoms. The predicted octanol–water partition coefficient (Wildman–Crippen LogP) is 0.727. The van der Waals surface area contributed by atoms with Gasteiger partial charge in [-0.15, -0.1) is 0 Å². The van der Waals surface area contributed by atoms with Crippen LogP contribution in [0.3, 0.4) is 0 Å². The highest BCUT2D eigenvalue weighted by atomic mass is 16.5. The van der Waals surface area contributed by atoms with Gasteiger partial charge in [0.2, 0.25) is 5.91 Å². The molecule has 0 aromatic carbocycles. The van der Waals surface area contributed by atoms with E-state index >= 15 is 0 Å². The SMILES string of the molecule is COCCN(CC1CCCN1)C(=O)Cn1nc(C)cc1C. The van der Waals surface area contributed by atoms with Gasteiger partial charge in [-0.2, -0.15) is 5.10 Å². The summed E-state index contributed by atoms with van der Waals surface area (Å²) < 4.78 is 6.91. The molecule has 1 fully saturated rings. The molecule has 1 aromatic rings. The second-order valence-electron chi connectivity index (χ2n) is 5.71. The molecule has 0 spiro atoms. The molecule has 1 unspecified atom stereocenters. The average Bonchev–Trinajstić information content (AvgIpc) is 3.05. The number of aromatic nitrogens is 2. The zero-order chi connectivity index (χ0) is 15.2. The van der Waals surface area contributed by atoms with Crippen molar-refractivity contribution in [1.82, 2.24) is 20.0 Å². The molecule has 1 saturated heterocycles. The first kappa shape index (κ1) is 16.0. The minimum absolute atomic E-state index is 0.104. The van der Waals surface area contributed by atoms with E-state index in [-0.39, 0.29) is 5.91 Å². The summed E-state index contributed by atoms with van der Waals surface area (Å²) >= 11 is 0. The summed E-state index contributed by atoms with van der Waals surface area (Å²) in [7, 11) is 1.66. The Balaban J connectivity index is 1.97. The Kier molecular flexibility index (Phi) is 5.76. The van der Waals surface area contributed by atoms with Crippen molar-refractivity contribution in [3.05, 3.63) is 17.5 Å². The summed E-state index contributed by atoms with van der Waals surface area (Å²) in [5.41, 5.74) is 1.97. The molecule has 1 atom stereocenters. The molecule has 1 N–H and O–H groups in total. The van der Waals surface area contributed by atoms with Crippen LogP contribution in [0, 0.1) is 13.8 Å². The van der Waals surface area contributed by atoms with Crippen LogP contribution in [0.2, 0.25) is 0 Å². The van der Waals surface area contributed by atoms with Gasteiger partial charge in [0.05, 0.1) is 12.3 Å². The Morgan fingerprint density at radius 3 is 2.95 bits per heavy atom. The second-order valence-corrected chi connectivity index (χ2v) is 5.71. The summed E-state index contributed by atoms with van der Waals surface area (Å²) in [5.74, 6) is 0.104. The zero-order valence-electron chi connectivity index (χ0n) is 13.3. The van der Waals surface area contributed by atoms with Crippen molar-refractivity contribution in [3.63, 3.8) is 0 Å². The van der Waals surface area contributed by atoms with Gasteiger partial charge in [-0.1, -0.05) is 0 Å². The van der Waals surface area contributed by atoms with Crippen LogP contribution in [0.25, 0.3) is 0 Å². The predicted molar refractivity (Wildman–Crippen MR) is 81.2 cm³/mol. The molecule has 0 aliphatic carbocycles. The average molecular weight is 294 g/mol. The summed E-state index contributed by atoms with van der Waals surface area (Å²) in [5, 5.41) is 7.81. The highest BCUT2D eigenvalue weighted by Gasteiger charge is 2.22. The van der Waals surface area contributed by atoms with Crippen LogP contribution in [-0.4, -0.2) is 60.0 Å². The van der Waals surface area contributed by atoms with E-state index in [4.69, 9.17) is 4.74 Å². The molecule has 0 radical (unpaired) electrons. The molecule has 0 saturated carbocycles. The van der Waals surface area contributed by atoms with Gasteiger partial charge in [0, 0.05) is 31.9 Å². The van der Waals surface area contributed by atoms with E-state index in [2.05, 4.69) is 10.4 Å². The topological polar surface area (TPSA) is 59.4 Å². The van der Waals surface area contributed by atoms with Crippen molar-refractivity contribution in [2.45, 2.75) is 39.3 Å². The number of rotatable bonds is 7. The maximum atomic E-state index is 12.5.